The second-order valence-corrected chi connectivity index (χ2v) is 8.36. The van der Waals surface area contributed by atoms with Crippen molar-refractivity contribution in [2.75, 3.05) is 0 Å². The monoisotopic (exact) mass is 412 g/mol. The molecule has 0 spiro atoms. The second-order valence-electron chi connectivity index (χ2n) is 8.36. The van der Waals surface area contributed by atoms with Crippen LogP contribution >= 0.6 is 0 Å². The SMILES string of the molecule is CC(C)Oc1cc(C=Cc2ccccc2)c(OC(C)C)c(OC(C)C)c1OC(C)C. The molecule has 0 amide bonds. The van der Waals surface area contributed by atoms with Crippen LogP contribution in [-0.2, 0) is 0 Å². The summed E-state index contributed by atoms with van der Waals surface area (Å²) in [5, 5.41) is 0. The van der Waals surface area contributed by atoms with Gasteiger partial charge in [-0.05, 0) is 67.0 Å². The Kier molecular flexibility index (Phi) is 8.64. The van der Waals surface area contributed by atoms with Crippen molar-refractivity contribution in [3.63, 3.8) is 0 Å². The molecule has 0 fully saturated rings. The largest absolute Gasteiger partial charge is 0.487 e. The van der Waals surface area contributed by atoms with Crippen LogP contribution in [0, 0.1) is 0 Å². The maximum Gasteiger partial charge on any atom is 0.208 e. The van der Waals surface area contributed by atoms with Crippen molar-refractivity contribution in [3.8, 4) is 23.0 Å². The maximum atomic E-state index is 6.24. The summed E-state index contributed by atoms with van der Waals surface area (Å²) in [5.41, 5.74) is 1.99. The molecule has 0 heterocycles. The standard InChI is InChI=1S/C26H36O4/c1-17(2)27-23-16-22(15-14-21-12-10-9-11-13-21)24(28-18(3)4)26(30-20(7)8)25(23)29-19(5)6/h9-20H,1-8H3. The molecule has 4 nitrogen and oxygen atoms in total. The predicted molar refractivity (Wildman–Crippen MR) is 125 cm³/mol. The third-order valence-electron chi connectivity index (χ3n) is 3.86. The number of ether oxygens (including phenoxy) is 4. The van der Waals surface area contributed by atoms with Gasteiger partial charge >= 0.3 is 0 Å². The molecule has 0 saturated carbocycles. The average molecular weight is 413 g/mol. The van der Waals surface area contributed by atoms with Gasteiger partial charge in [-0.25, -0.2) is 0 Å². The van der Waals surface area contributed by atoms with E-state index in [0.29, 0.717) is 23.0 Å². The van der Waals surface area contributed by atoms with E-state index in [0.717, 1.165) is 11.1 Å². The van der Waals surface area contributed by atoms with Crippen molar-refractivity contribution in [1.29, 1.82) is 0 Å². The summed E-state index contributed by atoms with van der Waals surface area (Å²) in [6.07, 6.45) is 3.98. The first-order valence-electron chi connectivity index (χ1n) is 10.8. The van der Waals surface area contributed by atoms with Crippen molar-refractivity contribution in [3.05, 3.63) is 47.5 Å². The summed E-state index contributed by atoms with van der Waals surface area (Å²) in [4.78, 5) is 0. The second kappa shape index (κ2) is 11.0. The van der Waals surface area contributed by atoms with E-state index in [1.807, 2.05) is 85.7 Å². The minimum Gasteiger partial charge on any atom is -0.487 e. The topological polar surface area (TPSA) is 36.9 Å². The minimum absolute atomic E-state index is 0.00534. The van der Waals surface area contributed by atoms with Gasteiger partial charge in [-0.1, -0.05) is 42.5 Å². The van der Waals surface area contributed by atoms with E-state index in [9.17, 15) is 0 Å². The average Bonchev–Trinajstić information content (AvgIpc) is 2.64. The van der Waals surface area contributed by atoms with E-state index in [1.54, 1.807) is 0 Å². The normalized spacial score (nSPS) is 11.7. The van der Waals surface area contributed by atoms with Gasteiger partial charge in [-0.15, -0.1) is 0 Å². The van der Waals surface area contributed by atoms with Gasteiger partial charge in [-0.2, -0.15) is 0 Å². The molecule has 0 atom stereocenters. The van der Waals surface area contributed by atoms with Gasteiger partial charge in [0.25, 0.3) is 0 Å². The molecule has 0 aromatic heterocycles. The summed E-state index contributed by atoms with van der Waals surface area (Å²) < 4.78 is 24.8. The van der Waals surface area contributed by atoms with Crippen LogP contribution in [0.3, 0.4) is 0 Å². The first kappa shape index (κ1) is 23.7. The molecule has 0 bridgehead atoms. The van der Waals surface area contributed by atoms with Gasteiger partial charge in [0.05, 0.1) is 24.4 Å². The van der Waals surface area contributed by atoms with Gasteiger partial charge in [-0.3, -0.25) is 0 Å². The van der Waals surface area contributed by atoms with Crippen molar-refractivity contribution in [2.45, 2.75) is 79.8 Å². The van der Waals surface area contributed by atoms with Crippen molar-refractivity contribution in [2.24, 2.45) is 0 Å². The number of rotatable bonds is 10. The Morgan fingerprint density at radius 1 is 0.567 bits per heavy atom. The number of benzene rings is 2. The third kappa shape index (κ3) is 7.01. The van der Waals surface area contributed by atoms with E-state index >= 15 is 0 Å². The van der Waals surface area contributed by atoms with Crippen molar-refractivity contribution >= 4 is 12.2 Å². The Morgan fingerprint density at radius 2 is 1.07 bits per heavy atom. The maximum absolute atomic E-state index is 6.24. The third-order valence-corrected chi connectivity index (χ3v) is 3.86. The lowest BCUT2D eigenvalue weighted by Crippen LogP contribution is -2.16. The van der Waals surface area contributed by atoms with Crippen LogP contribution in [0.1, 0.15) is 66.5 Å². The Morgan fingerprint density at radius 3 is 1.60 bits per heavy atom. The minimum atomic E-state index is -0.0470. The molecule has 4 heteroatoms. The molecule has 0 aliphatic heterocycles. The highest BCUT2D eigenvalue weighted by Gasteiger charge is 2.25. The van der Waals surface area contributed by atoms with Crippen LogP contribution in [0.15, 0.2) is 36.4 Å². The first-order chi connectivity index (χ1) is 14.2. The number of hydrogen-bond acceptors (Lipinski definition) is 4. The Balaban J connectivity index is 2.71. The summed E-state index contributed by atoms with van der Waals surface area (Å²) >= 11 is 0. The summed E-state index contributed by atoms with van der Waals surface area (Å²) in [6, 6.07) is 12.1. The quantitative estimate of drug-likeness (QED) is 0.393. The molecular formula is C26H36O4. The fourth-order valence-corrected chi connectivity index (χ4v) is 2.88. The molecule has 2 aromatic rings. The van der Waals surface area contributed by atoms with E-state index in [-0.39, 0.29) is 24.4 Å². The highest BCUT2D eigenvalue weighted by Crippen LogP contribution is 2.49. The van der Waals surface area contributed by atoms with Crippen LogP contribution in [0.5, 0.6) is 23.0 Å². The van der Waals surface area contributed by atoms with E-state index in [4.69, 9.17) is 18.9 Å². The first-order valence-corrected chi connectivity index (χ1v) is 10.8. The van der Waals surface area contributed by atoms with E-state index in [2.05, 4.69) is 18.2 Å². The van der Waals surface area contributed by atoms with Gasteiger partial charge in [0.15, 0.2) is 11.5 Å². The van der Waals surface area contributed by atoms with Crippen LogP contribution in [0.2, 0.25) is 0 Å². The lowest BCUT2D eigenvalue weighted by atomic mass is 10.1. The smallest absolute Gasteiger partial charge is 0.208 e. The highest BCUT2D eigenvalue weighted by atomic mass is 16.6. The van der Waals surface area contributed by atoms with Gasteiger partial charge in [0.2, 0.25) is 11.5 Å². The molecule has 2 aromatic carbocycles. The summed E-state index contributed by atoms with van der Waals surface area (Å²) in [7, 11) is 0. The van der Waals surface area contributed by atoms with Crippen molar-refractivity contribution < 1.29 is 18.9 Å². The fraction of sp³-hybridized carbons (Fsp3) is 0.462. The predicted octanol–water partition coefficient (Wildman–Crippen LogP) is 7.01. The van der Waals surface area contributed by atoms with Crippen LogP contribution in [0.25, 0.3) is 12.2 Å². The zero-order valence-corrected chi connectivity index (χ0v) is 19.6. The van der Waals surface area contributed by atoms with Gasteiger partial charge in [0, 0.05) is 5.56 Å². The Hall–Kier alpha value is -2.62. The zero-order chi connectivity index (χ0) is 22.3. The Bertz CT molecular complexity index is 821. The Labute approximate surface area is 181 Å². The summed E-state index contributed by atoms with van der Waals surface area (Å²) in [6.45, 7) is 16.0. The lowest BCUT2D eigenvalue weighted by Gasteiger charge is -2.25. The van der Waals surface area contributed by atoms with Crippen LogP contribution < -0.4 is 18.9 Å². The van der Waals surface area contributed by atoms with Crippen LogP contribution in [-0.4, -0.2) is 24.4 Å². The van der Waals surface area contributed by atoms with Crippen LogP contribution in [0.4, 0.5) is 0 Å². The lowest BCUT2D eigenvalue weighted by molar-refractivity contribution is 0.162. The molecule has 30 heavy (non-hydrogen) atoms. The molecule has 0 radical (unpaired) electrons. The molecule has 0 aliphatic carbocycles. The van der Waals surface area contributed by atoms with Gasteiger partial charge < -0.3 is 18.9 Å². The van der Waals surface area contributed by atoms with E-state index < -0.39 is 0 Å². The van der Waals surface area contributed by atoms with Crippen molar-refractivity contribution in [1.82, 2.24) is 0 Å². The molecule has 2 rings (SSSR count). The molecule has 0 saturated heterocycles. The van der Waals surface area contributed by atoms with Gasteiger partial charge in [0.1, 0.15) is 0 Å². The molecule has 164 valence electrons. The molecular weight excluding hydrogens is 376 g/mol. The number of hydrogen-bond donors (Lipinski definition) is 0. The summed E-state index contributed by atoms with van der Waals surface area (Å²) in [5.74, 6) is 2.48. The van der Waals surface area contributed by atoms with E-state index in [1.165, 1.54) is 0 Å². The molecule has 0 aliphatic rings. The highest BCUT2D eigenvalue weighted by molar-refractivity contribution is 5.78. The zero-order valence-electron chi connectivity index (χ0n) is 19.6. The fourth-order valence-electron chi connectivity index (χ4n) is 2.88. The molecule has 0 unspecified atom stereocenters. The molecule has 0 N–H and O–H groups in total.